The number of nitrogens with zero attached hydrogens (tertiary/aromatic N) is 4. The van der Waals surface area contributed by atoms with Crippen LogP contribution < -0.4 is 0 Å². The Bertz CT molecular complexity index is 3560. The fraction of sp³-hybridized carbons (Fsp3) is 0.0566. The highest BCUT2D eigenvalue weighted by Gasteiger charge is 2.36. The molecule has 0 N–H and O–H groups in total. The zero-order valence-electron chi connectivity index (χ0n) is 31.5. The number of fused-ring (bicyclic) bond motifs is 16. The second-order valence-corrected chi connectivity index (χ2v) is 16.1. The molecular formula is C53H34N4. The van der Waals surface area contributed by atoms with Crippen molar-refractivity contribution in [2.24, 2.45) is 0 Å². The van der Waals surface area contributed by atoms with Gasteiger partial charge >= 0.3 is 0 Å². The van der Waals surface area contributed by atoms with Crippen molar-refractivity contribution in [1.29, 1.82) is 0 Å². The number of rotatable bonds is 2. The van der Waals surface area contributed by atoms with Crippen LogP contribution in [0, 0.1) is 0 Å². The lowest BCUT2D eigenvalue weighted by Gasteiger charge is -2.22. The first-order valence-electron chi connectivity index (χ1n) is 19.8. The zero-order valence-corrected chi connectivity index (χ0v) is 31.5. The van der Waals surface area contributed by atoms with Gasteiger partial charge in [-0.3, -0.25) is 4.57 Å². The number of aromatic nitrogens is 4. The van der Waals surface area contributed by atoms with Gasteiger partial charge in [0.1, 0.15) is 5.69 Å². The first-order chi connectivity index (χ1) is 28.1. The van der Waals surface area contributed by atoms with Crippen molar-refractivity contribution >= 4 is 54.6 Å². The maximum atomic E-state index is 5.57. The Morgan fingerprint density at radius 3 is 1.88 bits per heavy atom. The molecule has 2 aliphatic rings. The number of para-hydroxylation sites is 5. The molecule has 3 aromatic heterocycles. The van der Waals surface area contributed by atoms with Gasteiger partial charge in [0.25, 0.3) is 0 Å². The quantitative estimate of drug-likeness (QED) is 0.178. The van der Waals surface area contributed by atoms with Crippen molar-refractivity contribution in [1.82, 2.24) is 19.1 Å². The van der Waals surface area contributed by atoms with E-state index in [1.807, 2.05) is 0 Å². The van der Waals surface area contributed by atoms with Crippen LogP contribution in [-0.4, -0.2) is 19.1 Å². The molecule has 0 fully saturated rings. The van der Waals surface area contributed by atoms with E-state index in [0.717, 1.165) is 39.1 Å². The van der Waals surface area contributed by atoms with Gasteiger partial charge in [-0.15, -0.1) is 0 Å². The molecule has 4 heterocycles. The highest BCUT2D eigenvalue weighted by atomic mass is 15.1. The van der Waals surface area contributed by atoms with E-state index in [1.54, 1.807) is 0 Å². The molecule has 4 heteroatoms. The molecule has 0 saturated heterocycles. The fourth-order valence-electron chi connectivity index (χ4n) is 10.3. The Hall–Kier alpha value is -7.30. The van der Waals surface area contributed by atoms with Gasteiger partial charge in [-0.25, -0.2) is 9.97 Å². The van der Waals surface area contributed by atoms with Gasteiger partial charge in [0, 0.05) is 43.7 Å². The Labute approximate surface area is 328 Å². The predicted octanol–water partition coefficient (Wildman–Crippen LogP) is 13.4. The summed E-state index contributed by atoms with van der Waals surface area (Å²) in [6.45, 7) is 4.68. The summed E-state index contributed by atoms with van der Waals surface area (Å²) in [6.07, 6.45) is 0. The van der Waals surface area contributed by atoms with Gasteiger partial charge < -0.3 is 4.57 Å². The third kappa shape index (κ3) is 3.96. The second kappa shape index (κ2) is 10.9. The summed E-state index contributed by atoms with van der Waals surface area (Å²) in [5.74, 6) is 0.827. The van der Waals surface area contributed by atoms with E-state index >= 15 is 0 Å². The summed E-state index contributed by atoms with van der Waals surface area (Å²) in [7, 11) is 0. The van der Waals surface area contributed by atoms with E-state index in [2.05, 4.69) is 193 Å². The fourth-order valence-corrected chi connectivity index (χ4v) is 10.3. The molecule has 0 amide bonds. The van der Waals surface area contributed by atoms with Crippen LogP contribution in [0.5, 0.6) is 0 Å². The Balaban J connectivity index is 1.20. The molecule has 1 aliphatic heterocycles. The van der Waals surface area contributed by atoms with Gasteiger partial charge in [-0.2, -0.15) is 0 Å². The highest BCUT2D eigenvalue weighted by molar-refractivity contribution is 6.28. The normalized spacial score (nSPS) is 13.6. The number of benzene rings is 8. The van der Waals surface area contributed by atoms with Crippen molar-refractivity contribution in [2.75, 3.05) is 0 Å². The summed E-state index contributed by atoms with van der Waals surface area (Å²) < 4.78 is 4.90. The molecule has 0 spiro atoms. The summed E-state index contributed by atoms with van der Waals surface area (Å²) in [4.78, 5) is 11.1. The van der Waals surface area contributed by atoms with Crippen LogP contribution in [-0.2, 0) is 5.41 Å². The molecule has 0 unspecified atom stereocenters. The molecule has 4 nitrogen and oxygen atoms in total. The number of hydrogen-bond donors (Lipinski definition) is 0. The van der Waals surface area contributed by atoms with Gasteiger partial charge in [0.2, 0.25) is 0 Å². The number of hydrogen-bond acceptors (Lipinski definition) is 2. The summed E-state index contributed by atoms with van der Waals surface area (Å²) in [6, 6.07) is 62.0. The second-order valence-electron chi connectivity index (χ2n) is 16.1. The van der Waals surface area contributed by atoms with Crippen LogP contribution in [0.25, 0.3) is 111 Å². The smallest absolute Gasteiger partial charge is 0.165 e. The van der Waals surface area contributed by atoms with Crippen LogP contribution >= 0.6 is 0 Å². The molecule has 0 radical (unpaired) electrons. The lowest BCUT2D eigenvalue weighted by molar-refractivity contribution is 0.660. The molecule has 11 aromatic rings. The highest BCUT2D eigenvalue weighted by Crippen LogP contribution is 2.53. The average Bonchev–Trinajstić information content (AvgIpc) is 3.81. The summed E-state index contributed by atoms with van der Waals surface area (Å²) in [5, 5.41) is 4.85. The molecular weight excluding hydrogens is 693 g/mol. The Morgan fingerprint density at radius 2 is 1.05 bits per heavy atom. The van der Waals surface area contributed by atoms with Crippen molar-refractivity contribution in [2.45, 2.75) is 19.3 Å². The maximum Gasteiger partial charge on any atom is 0.165 e. The molecule has 57 heavy (non-hydrogen) atoms. The molecule has 0 saturated carbocycles. The summed E-state index contributed by atoms with van der Waals surface area (Å²) in [5.41, 5.74) is 19.6. The van der Waals surface area contributed by atoms with Crippen LogP contribution in [0.3, 0.4) is 0 Å². The lowest BCUT2D eigenvalue weighted by atomic mass is 9.82. The first kappa shape index (κ1) is 31.0. The van der Waals surface area contributed by atoms with E-state index in [4.69, 9.17) is 9.97 Å². The molecule has 1 aliphatic carbocycles. The van der Waals surface area contributed by atoms with Crippen molar-refractivity contribution in [3.05, 3.63) is 181 Å². The minimum Gasteiger partial charge on any atom is -0.308 e. The third-order valence-electron chi connectivity index (χ3n) is 12.8. The van der Waals surface area contributed by atoms with Crippen LogP contribution in [0.15, 0.2) is 170 Å². The van der Waals surface area contributed by atoms with Crippen molar-refractivity contribution < 1.29 is 0 Å². The first-order valence-corrected chi connectivity index (χ1v) is 19.8. The maximum absolute atomic E-state index is 5.57. The van der Waals surface area contributed by atoms with Gasteiger partial charge in [-0.1, -0.05) is 141 Å². The van der Waals surface area contributed by atoms with Gasteiger partial charge in [-0.05, 0) is 75.8 Å². The molecule has 13 rings (SSSR count). The van der Waals surface area contributed by atoms with Crippen LogP contribution in [0.4, 0.5) is 0 Å². The molecule has 266 valence electrons. The largest absolute Gasteiger partial charge is 0.308 e. The zero-order chi connectivity index (χ0) is 37.6. The SMILES string of the molecule is CC1(C)c2ccccc2-c2ccc(-c3nc4ccccc4nc3-n3c4ccccc4c4c5c6c(cc43)c3ccccc3n6-c3ccccc3-c3ccccc3-5)cc21. The van der Waals surface area contributed by atoms with Crippen LogP contribution in [0.2, 0.25) is 0 Å². The summed E-state index contributed by atoms with van der Waals surface area (Å²) >= 11 is 0. The minimum atomic E-state index is -0.148. The molecule has 8 aromatic carbocycles. The van der Waals surface area contributed by atoms with E-state index in [9.17, 15) is 0 Å². The third-order valence-corrected chi connectivity index (χ3v) is 12.8. The standard InChI is InChI=1S/C53H34N4/c1-53(2)40-21-9-5-16-33(40)34-28-27-31(29-41(34)53)50-52(55-43-23-11-10-22-42(43)54-50)57-46-26-14-8-20-38(46)48-47(57)30-39-36-18-7-13-25-45(36)56-44-24-12-6-17-35(44)32-15-3-4-19-37(32)49(48)51(39)56/h3-30H,1-2H3. The average molecular weight is 727 g/mol. The Kier molecular flexibility index (Phi) is 5.94. The van der Waals surface area contributed by atoms with Crippen molar-refractivity contribution in [3.63, 3.8) is 0 Å². The van der Waals surface area contributed by atoms with Crippen molar-refractivity contribution in [3.8, 4) is 56.1 Å². The molecule has 0 bridgehead atoms. The van der Waals surface area contributed by atoms with E-state index in [-0.39, 0.29) is 5.41 Å². The Morgan fingerprint density at radius 1 is 0.439 bits per heavy atom. The predicted molar refractivity (Wildman–Crippen MR) is 236 cm³/mol. The monoisotopic (exact) mass is 726 g/mol. The topological polar surface area (TPSA) is 35.6 Å². The van der Waals surface area contributed by atoms with E-state index < -0.39 is 0 Å². The van der Waals surface area contributed by atoms with Gasteiger partial charge in [0.15, 0.2) is 5.82 Å². The van der Waals surface area contributed by atoms with Crippen LogP contribution in [0.1, 0.15) is 25.0 Å². The van der Waals surface area contributed by atoms with E-state index in [1.165, 1.54) is 82.8 Å². The van der Waals surface area contributed by atoms with Gasteiger partial charge in [0.05, 0.1) is 38.8 Å². The lowest BCUT2D eigenvalue weighted by Crippen LogP contribution is -2.15. The van der Waals surface area contributed by atoms with E-state index in [0.29, 0.717) is 0 Å². The molecule has 0 atom stereocenters. The minimum absolute atomic E-state index is 0.148.